The highest BCUT2D eigenvalue weighted by Crippen LogP contribution is 2.10. The van der Waals surface area contributed by atoms with E-state index in [2.05, 4.69) is 14.7 Å². The Morgan fingerprint density at radius 1 is 1.55 bits per heavy atom. The lowest BCUT2D eigenvalue weighted by molar-refractivity contribution is -0.120. The summed E-state index contributed by atoms with van der Waals surface area (Å²) in [6, 6.07) is 0. The van der Waals surface area contributed by atoms with Crippen molar-refractivity contribution in [2.45, 2.75) is 5.16 Å². The maximum Gasteiger partial charge on any atom is 0.298 e. The van der Waals surface area contributed by atoms with Gasteiger partial charge in [-0.3, -0.25) is 4.79 Å². The molecule has 0 atom stereocenters. The summed E-state index contributed by atoms with van der Waals surface area (Å²) in [7, 11) is 0. The zero-order valence-electron chi connectivity index (χ0n) is 5.85. The number of ether oxygens (including phenoxy) is 1. The number of thioether (sulfide) groups is 1. The van der Waals surface area contributed by atoms with E-state index in [0.29, 0.717) is 17.4 Å². The molecule has 0 aromatic carbocycles. The van der Waals surface area contributed by atoms with Crippen molar-refractivity contribution in [2.75, 3.05) is 6.26 Å². The fourth-order valence-electron chi connectivity index (χ4n) is 0.526. The van der Waals surface area contributed by atoms with Crippen LogP contribution in [0.1, 0.15) is 0 Å². The molecule has 11 heavy (non-hydrogen) atoms. The van der Waals surface area contributed by atoms with Crippen LogP contribution in [0.4, 0.5) is 0 Å². The summed E-state index contributed by atoms with van der Waals surface area (Å²) in [5.74, 6) is 0.359. The molecule has 0 aliphatic carbocycles. The highest BCUT2D eigenvalue weighted by Gasteiger charge is 1.94. The Morgan fingerprint density at radius 2 is 2.18 bits per heavy atom. The summed E-state index contributed by atoms with van der Waals surface area (Å²) in [4.78, 5) is 17.6. The minimum atomic E-state index is 0.345. The van der Waals surface area contributed by atoms with Crippen molar-refractivity contribution in [3.63, 3.8) is 0 Å². The van der Waals surface area contributed by atoms with Crippen molar-refractivity contribution in [3.05, 3.63) is 12.4 Å². The van der Waals surface area contributed by atoms with Crippen LogP contribution in [-0.2, 0) is 4.79 Å². The van der Waals surface area contributed by atoms with Crippen molar-refractivity contribution in [3.8, 4) is 5.75 Å². The largest absolute Gasteiger partial charge is 0.425 e. The molecule has 0 saturated heterocycles. The Kier molecular flexibility index (Phi) is 2.85. The van der Waals surface area contributed by atoms with Gasteiger partial charge >= 0.3 is 0 Å². The van der Waals surface area contributed by atoms with E-state index >= 15 is 0 Å². The predicted octanol–water partition coefficient (Wildman–Crippen LogP) is 0.734. The highest BCUT2D eigenvalue weighted by molar-refractivity contribution is 7.98. The van der Waals surface area contributed by atoms with E-state index in [1.165, 1.54) is 24.2 Å². The van der Waals surface area contributed by atoms with E-state index in [4.69, 9.17) is 0 Å². The maximum absolute atomic E-state index is 9.85. The van der Waals surface area contributed by atoms with Crippen LogP contribution in [0.15, 0.2) is 17.6 Å². The average molecular weight is 170 g/mol. The van der Waals surface area contributed by atoms with Gasteiger partial charge < -0.3 is 4.74 Å². The lowest BCUT2D eigenvalue weighted by atomic mass is 10.6. The van der Waals surface area contributed by atoms with Crippen LogP contribution in [-0.4, -0.2) is 22.7 Å². The fraction of sp³-hybridized carbons (Fsp3) is 0.167. The number of hydrogen-bond acceptors (Lipinski definition) is 5. The van der Waals surface area contributed by atoms with Crippen LogP contribution in [0, 0.1) is 0 Å². The van der Waals surface area contributed by atoms with Crippen LogP contribution in [0.3, 0.4) is 0 Å². The van der Waals surface area contributed by atoms with Gasteiger partial charge in [0, 0.05) is 0 Å². The minimum Gasteiger partial charge on any atom is -0.425 e. The van der Waals surface area contributed by atoms with E-state index in [0.717, 1.165) is 0 Å². The Bertz CT molecular complexity index is 237. The van der Waals surface area contributed by atoms with Gasteiger partial charge in [0.05, 0.1) is 12.4 Å². The molecule has 0 aliphatic rings. The molecule has 5 heteroatoms. The normalized spacial score (nSPS) is 9.18. The number of hydrogen-bond donors (Lipinski definition) is 0. The second kappa shape index (κ2) is 3.92. The van der Waals surface area contributed by atoms with Crippen LogP contribution in [0.25, 0.3) is 0 Å². The molecule has 4 nitrogen and oxygen atoms in total. The monoisotopic (exact) mass is 170 g/mol. The molecule has 58 valence electrons. The summed E-state index contributed by atoms with van der Waals surface area (Å²) < 4.78 is 4.49. The third-order valence-electron chi connectivity index (χ3n) is 0.971. The lowest BCUT2D eigenvalue weighted by Crippen LogP contribution is -1.91. The third kappa shape index (κ3) is 2.19. The zero-order valence-corrected chi connectivity index (χ0v) is 6.67. The highest BCUT2D eigenvalue weighted by atomic mass is 32.2. The third-order valence-corrected chi connectivity index (χ3v) is 1.55. The van der Waals surface area contributed by atoms with Crippen molar-refractivity contribution < 1.29 is 9.53 Å². The molecule has 1 heterocycles. The van der Waals surface area contributed by atoms with Gasteiger partial charge in [-0.1, -0.05) is 11.8 Å². The van der Waals surface area contributed by atoms with E-state index in [1.54, 1.807) is 0 Å². The first-order valence-electron chi connectivity index (χ1n) is 2.83. The fourth-order valence-corrected chi connectivity index (χ4v) is 0.842. The van der Waals surface area contributed by atoms with Gasteiger partial charge in [-0.05, 0) is 6.26 Å². The number of carbonyl (C=O) groups excluding carboxylic acids is 1. The molecule has 0 spiro atoms. The average Bonchev–Trinajstić information content (AvgIpc) is 2.07. The van der Waals surface area contributed by atoms with Gasteiger partial charge in [-0.25, -0.2) is 9.97 Å². The van der Waals surface area contributed by atoms with Crippen molar-refractivity contribution in [2.24, 2.45) is 0 Å². The molecular weight excluding hydrogens is 164 g/mol. The zero-order chi connectivity index (χ0) is 8.10. The van der Waals surface area contributed by atoms with Crippen molar-refractivity contribution in [1.29, 1.82) is 0 Å². The number of carbonyl (C=O) groups is 1. The lowest BCUT2D eigenvalue weighted by Gasteiger charge is -1.95. The van der Waals surface area contributed by atoms with Crippen LogP contribution in [0.2, 0.25) is 0 Å². The Labute approximate surface area is 68.0 Å². The Morgan fingerprint density at radius 3 is 2.64 bits per heavy atom. The molecule has 0 saturated carbocycles. The van der Waals surface area contributed by atoms with E-state index < -0.39 is 0 Å². The van der Waals surface area contributed by atoms with Gasteiger partial charge in [-0.2, -0.15) is 0 Å². The number of rotatable bonds is 3. The molecule has 0 fully saturated rings. The first kappa shape index (κ1) is 8.00. The van der Waals surface area contributed by atoms with Crippen LogP contribution >= 0.6 is 11.8 Å². The summed E-state index contributed by atoms with van der Waals surface area (Å²) in [6.07, 6.45) is 4.77. The summed E-state index contributed by atoms with van der Waals surface area (Å²) in [6.45, 7) is 0.345. The quantitative estimate of drug-likeness (QED) is 0.380. The first-order valence-corrected chi connectivity index (χ1v) is 4.05. The topological polar surface area (TPSA) is 52.1 Å². The van der Waals surface area contributed by atoms with Gasteiger partial charge in [-0.15, -0.1) is 0 Å². The molecule has 0 N–H and O–H groups in total. The Balaban J connectivity index is 2.74. The van der Waals surface area contributed by atoms with Crippen molar-refractivity contribution in [1.82, 2.24) is 9.97 Å². The van der Waals surface area contributed by atoms with Gasteiger partial charge in [0.25, 0.3) is 6.47 Å². The predicted molar refractivity (Wildman–Crippen MR) is 40.5 cm³/mol. The number of nitrogens with zero attached hydrogens (tertiary/aromatic N) is 2. The summed E-state index contributed by atoms with van der Waals surface area (Å²) in [5.41, 5.74) is 0. The smallest absolute Gasteiger partial charge is 0.298 e. The number of aromatic nitrogens is 2. The minimum absolute atomic E-state index is 0.345. The summed E-state index contributed by atoms with van der Waals surface area (Å²) >= 11 is 1.43. The molecule has 1 aromatic rings. The second-order valence-corrected chi connectivity index (χ2v) is 2.39. The molecule has 0 bridgehead atoms. The molecule has 0 amide bonds. The first-order chi connectivity index (χ1) is 5.36. The summed E-state index contributed by atoms with van der Waals surface area (Å²) in [5, 5.41) is 0.656. The SMILES string of the molecule is CSc1ncc(OC=O)cn1. The van der Waals surface area contributed by atoms with Crippen molar-refractivity contribution >= 4 is 18.2 Å². The molecule has 0 unspecified atom stereocenters. The van der Waals surface area contributed by atoms with Gasteiger partial charge in [0.15, 0.2) is 10.9 Å². The standard InChI is InChI=1S/C6H6N2O2S/c1-11-6-7-2-5(3-8-6)10-4-9/h2-4H,1H3. The maximum atomic E-state index is 9.85. The molecule has 0 aliphatic heterocycles. The van der Waals surface area contributed by atoms with E-state index in [1.807, 2.05) is 6.26 Å². The molecule has 1 rings (SSSR count). The molecule has 0 radical (unpaired) electrons. The second-order valence-electron chi connectivity index (χ2n) is 1.62. The van der Waals surface area contributed by atoms with Gasteiger partial charge in [0.1, 0.15) is 0 Å². The van der Waals surface area contributed by atoms with E-state index in [9.17, 15) is 4.79 Å². The Hall–Kier alpha value is -1.10. The van der Waals surface area contributed by atoms with E-state index in [-0.39, 0.29) is 0 Å². The molecule has 1 aromatic heterocycles. The van der Waals surface area contributed by atoms with Crippen LogP contribution in [0.5, 0.6) is 5.75 Å². The molecular formula is C6H6N2O2S. The van der Waals surface area contributed by atoms with Gasteiger partial charge in [0.2, 0.25) is 0 Å². The van der Waals surface area contributed by atoms with Crippen LogP contribution < -0.4 is 4.74 Å².